The number of hydrogen-bond donors (Lipinski definition) is 0. The van der Waals surface area contributed by atoms with Gasteiger partial charge in [-0.2, -0.15) is 0 Å². The van der Waals surface area contributed by atoms with Gasteiger partial charge in [0.2, 0.25) is 5.91 Å². The second-order valence-corrected chi connectivity index (χ2v) is 9.04. The van der Waals surface area contributed by atoms with Crippen LogP contribution in [-0.4, -0.2) is 55.0 Å². The number of piperazine rings is 1. The van der Waals surface area contributed by atoms with E-state index in [-0.39, 0.29) is 5.91 Å². The van der Waals surface area contributed by atoms with Gasteiger partial charge in [0.25, 0.3) is 0 Å². The van der Waals surface area contributed by atoms with Crippen molar-refractivity contribution < 1.29 is 13.9 Å². The monoisotopic (exact) mass is 468 g/mol. The molecule has 0 spiro atoms. The zero-order chi connectivity index (χ0) is 24.4. The maximum Gasteiger partial charge on any atom is 0.246 e. The number of ether oxygens (including phenoxy) is 1. The third-order valence-electron chi connectivity index (χ3n) is 6.95. The molecular weight excluding hydrogens is 436 g/mol. The van der Waals surface area contributed by atoms with Crippen molar-refractivity contribution in [2.75, 3.05) is 39.3 Å². The highest BCUT2D eigenvalue weighted by molar-refractivity contribution is 6.06. The third kappa shape index (κ3) is 4.56. The van der Waals surface area contributed by atoms with E-state index in [0.717, 1.165) is 71.7 Å². The van der Waals surface area contributed by atoms with Crippen molar-refractivity contribution >= 4 is 33.2 Å². The number of benzene rings is 3. The van der Waals surface area contributed by atoms with Crippen LogP contribution in [0, 0.1) is 0 Å². The van der Waals surface area contributed by atoms with Crippen LogP contribution in [0.15, 0.2) is 71.4 Å². The Kier molecular flexibility index (Phi) is 6.60. The second kappa shape index (κ2) is 9.96. The SMILES string of the molecule is CCOc1cc2occ(-c3cccc4ccccc34)c2cc1/C(C)=C/C(=O)N1CCN(CC)CC1. The molecule has 35 heavy (non-hydrogen) atoms. The average Bonchev–Trinajstić information content (AvgIpc) is 3.30. The molecule has 0 saturated carbocycles. The molecule has 1 aromatic heterocycles. The molecule has 0 bridgehead atoms. The van der Waals surface area contributed by atoms with Gasteiger partial charge in [-0.3, -0.25) is 4.79 Å². The number of allylic oxidation sites excluding steroid dienone is 1. The lowest BCUT2D eigenvalue weighted by atomic mass is 9.96. The average molecular weight is 469 g/mol. The van der Waals surface area contributed by atoms with Crippen LogP contribution in [0.25, 0.3) is 38.4 Å². The van der Waals surface area contributed by atoms with Crippen molar-refractivity contribution in [2.45, 2.75) is 20.8 Å². The molecule has 1 aliphatic rings. The summed E-state index contributed by atoms with van der Waals surface area (Å²) in [6.45, 7) is 11.1. The minimum absolute atomic E-state index is 0.0577. The molecule has 5 nitrogen and oxygen atoms in total. The summed E-state index contributed by atoms with van der Waals surface area (Å²) in [7, 11) is 0. The van der Waals surface area contributed by atoms with E-state index >= 15 is 0 Å². The lowest BCUT2D eigenvalue weighted by Crippen LogP contribution is -2.48. The molecule has 0 unspecified atom stereocenters. The fourth-order valence-corrected chi connectivity index (χ4v) is 4.95. The molecule has 5 rings (SSSR count). The molecular formula is C30H32N2O3. The zero-order valence-corrected chi connectivity index (χ0v) is 20.7. The Morgan fingerprint density at radius 3 is 2.51 bits per heavy atom. The van der Waals surface area contributed by atoms with E-state index in [1.807, 2.05) is 31.1 Å². The summed E-state index contributed by atoms with van der Waals surface area (Å²) < 4.78 is 12.0. The summed E-state index contributed by atoms with van der Waals surface area (Å²) in [6.07, 6.45) is 3.58. The summed E-state index contributed by atoms with van der Waals surface area (Å²) in [6, 6.07) is 18.8. The number of furan rings is 1. The molecule has 2 heterocycles. The fraction of sp³-hybridized carbons (Fsp3) is 0.300. The number of hydrogen-bond acceptors (Lipinski definition) is 4. The van der Waals surface area contributed by atoms with Crippen molar-refractivity contribution in [3.05, 3.63) is 72.5 Å². The molecule has 0 aliphatic carbocycles. The highest BCUT2D eigenvalue weighted by Gasteiger charge is 2.20. The van der Waals surface area contributed by atoms with Gasteiger partial charge < -0.3 is 19.0 Å². The predicted molar refractivity (Wildman–Crippen MR) is 143 cm³/mol. The van der Waals surface area contributed by atoms with Crippen LogP contribution in [0.5, 0.6) is 5.75 Å². The van der Waals surface area contributed by atoms with Gasteiger partial charge in [0.15, 0.2) is 0 Å². The van der Waals surface area contributed by atoms with E-state index in [9.17, 15) is 4.79 Å². The van der Waals surface area contributed by atoms with Crippen LogP contribution in [0.3, 0.4) is 0 Å². The predicted octanol–water partition coefficient (Wildman–Crippen LogP) is 6.22. The summed E-state index contributed by atoms with van der Waals surface area (Å²) in [5, 5.41) is 3.38. The number of amides is 1. The van der Waals surface area contributed by atoms with Gasteiger partial charge in [-0.25, -0.2) is 0 Å². The standard InChI is InChI=1S/C30H32N2O3/c1-4-31-13-15-32(16-14-31)30(33)17-21(3)25-18-26-27(20-35-29(26)19-28(25)34-5-2)24-12-8-10-22-9-6-7-11-23(22)24/h6-12,17-20H,4-5,13-16H2,1-3H3/b21-17+. The van der Waals surface area contributed by atoms with E-state index in [4.69, 9.17) is 9.15 Å². The van der Waals surface area contributed by atoms with Crippen molar-refractivity contribution in [1.29, 1.82) is 0 Å². The van der Waals surface area contributed by atoms with E-state index < -0.39 is 0 Å². The Morgan fingerprint density at radius 1 is 0.971 bits per heavy atom. The van der Waals surface area contributed by atoms with E-state index in [2.05, 4.69) is 60.4 Å². The minimum atomic E-state index is 0.0577. The Bertz CT molecular complexity index is 1390. The summed E-state index contributed by atoms with van der Waals surface area (Å²) >= 11 is 0. The first kappa shape index (κ1) is 23.2. The first-order chi connectivity index (χ1) is 17.1. The molecule has 0 radical (unpaired) electrons. The summed E-state index contributed by atoms with van der Waals surface area (Å²) in [5.41, 5.74) is 4.75. The molecule has 1 aliphatic heterocycles. The molecule has 0 atom stereocenters. The third-order valence-corrected chi connectivity index (χ3v) is 6.95. The van der Waals surface area contributed by atoms with Gasteiger partial charge in [0, 0.05) is 54.8 Å². The van der Waals surface area contributed by atoms with Gasteiger partial charge >= 0.3 is 0 Å². The van der Waals surface area contributed by atoms with Crippen LogP contribution >= 0.6 is 0 Å². The first-order valence-corrected chi connectivity index (χ1v) is 12.4. The molecule has 5 heteroatoms. The van der Waals surface area contributed by atoms with Gasteiger partial charge in [-0.05, 0) is 48.4 Å². The molecule has 1 fully saturated rings. The topological polar surface area (TPSA) is 45.9 Å². The van der Waals surface area contributed by atoms with Crippen molar-refractivity contribution in [1.82, 2.24) is 9.80 Å². The lowest BCUT2D eigenvalue weighted by molar-refractivity contribution is -0.127. The van der Waals surface area contributed by atoms with Crippen LogP contribution in [0.4, 0.5) is 0 Å². The molecule has 1 amide bonds. The van der Waals surface area contributed by atoms with Gasteiger partial charge in [-0.15, -0.1) is 0 Å². The maximum atomic E-state index is 13.1. The molecule has 4 aromatic rings. The Balaban J connectivity index is 1.55. The largest absolute Gasteiger partial charge is 0.493 e. The van der Waals surface area contributed by atoms with E-state index in [1.54, 1.807) is 6.08 Å². The Morgan fingerprint density at radius 2 is 1.74 bits per heavy atom. The number of fused-ring (bicyclic) bond motifs is 2. The number of carbonyl (C=O) groups excluding carboxylic acids is 1. The van der Waals surface area contributed by atoms with Crippen LogP contribution in [-0.2, 0) is 4.79 Å². The van der Waals surface area contributed by atoms with Crippen molar-refractivity contribution in [3.63, 3.8) is 0 Å². The van der Waals surface area contributed by atoms with Gasteiger partial charge in [-0.1, -0.05) is 49.4 Å². The van der Waals surface area contributed by atoms with Gasteiger partial charge in [0.1, 0.15) is 11.3 Å². The summed E-state index contributed by atoms with van der Waals surface area (Å²) in [4.78, 5) is 17.4. The highest BCUT2D eigenvalue weighted by atomic mass is 16.5. The maximum absolute atomic E-state index is 13.1. The normalized spacial score (nSPS) is 15.2. The smallest absolute Gasteiger partial charge is 0.246 e. The van der Waals surface area contributed by atoms with Crippen molar-refractivity contribution in [2.24, 2.45) is 0 Å². The van der Waals surface area contributed by atoms with E-state index in [1.165, 1.54) is 10.8 Å². The lowest BCUT2D eigenvalue weighted by Gasteiger charge is -2.33. The number of carbonyl (C=O) groups is 1. The van der Waals surface area contributed by atoms with Crippen LogP contribution in [0.1, 0.15) is 26.3 Å². The zero-order valence-electron chi connectivity index (χ0n) is 20.7. The number of nitrogens with zero attached hydrogens (tertiary/aromatic N) is 2. The molecule has 1 saturated heterocycles. The quantitative estimate of drug-likeness (QED) is 0.315. The molecule has 3 aromatic carbocycles. The highest BCUT2D eigenvalue weighted by Crippen LogP contribution is 2.39. The number of likely N-dealkylation sites (N-methyl/N-ethyl adjacent to an activating group) is 1. The number of rotatable bonds is 6. The van der Waals surface area contributed by atoms with Crippen molar-refractivity contribution in [3.8, 4) is 16.9 Å². The molecule has 180 valence electrons. The fourth-order valence-electron chi connectivity index (χ4n) is 4.95. The minimum Gasteiger partial charge on any atom is -0.493 e. The second-order valence-electron chi connectivity index (χ2n) is 9.04. The van der Waals surface area contributed by atoms with Crippen LogP contribution < -0.4 is 4.74 Å². The Hall–Kier alpha value is -3.57. The van der Waals surface area contributed by atoms with Crippen LogP contribution in [0.2, 0.25) is 0 Å². The summed E-state index contributed by atoms with van der Waals surface area (Å²) in [5.74, 6) is 0.790. The van der Waals surface area contributed by atoms with E-state index in [0.29, 0.717) is 6.61 Å². The first-order valence-electron chi connectivity index (χ1n) is 12.4. The Labute approximate surface area is 206 Å². The van der Waals surface area contributed by atoms with Gasteiger partial charge in [0.05, 0.1) is 12.9 Å². The molecule has 0 N–H and O–H groups in total.